The number of nitrogens with one attached hydrogen (secondary N) is 1. The molecule has 116 valence electrons. The third kappa shape index (κ3) is 4.24. The van der Waals surface area contributed by atoms with Crippen LogP contribution in [0.2, 0.25) is 0 Å². The molecule has 1 unspecified atom stereocenters. The Morgan fingerprint density at radius 1 is 1.43 bits per heavy atom. The smallest absolute Gasteiger partial charge is 0.128 e. The molecule has 0 fully saturated rings. The van der Waals surface area contributed by atoms with Gasteiger partial charge in [-0.15, -0.1) is 0 Å². The van der Waals surface area contributed by atoms with Crippen molar-refractivity contribution < 1.29 is 9.47 Å². The Bertz CT molecular complexity index is 516. The van der Waals surface area contributed by atoms with Gasteiger partial charge >= 0.3 is 0 Å². The van der Waals surface area contributed by atoms with Crippen molar-refractivity contribution in [3.63, 3.8) is 0 Å². The quantitative estimate of drug-likeness (QED) is 0.822. The highest BCUT2D eigenvalue weighted by Crippen LogP contribution is 2.41. The van der Waals surface area contributed by atoms with Gasteiger partial charge < -0.3 is 14.8 Å². The summed E-state index contributed by atoms with van der Waals surface area (Å²) in [6.45, 7) is 12.1. The van der Waals surface area contributed by atoms with Crippen molar-refractivity contribution in [3.05, 3.63) is 35.4 Å². The standard InChI is InChI=1S/C18H27NO2/c1-6-19-16-12-18(4,5)21-17-11-14(7-8-15(16)17)20-10-9-13(2)3/h7-9,11,16,19H,6,10,12H2,1-5H3. The lowest BCUT2D eigenvalue weighted by molar-refractivity contribution is 0.0661. The molecule has 2 rings (SSSR count). The molecule has 1 aliphatic heterocycles. The Morgan fingerprint density at radius 3 is 2.86 bits per heavy atom. The maximum absolute atomic E-state index is 6.13. The first-order valence-electron chi connectivity index (χ1n) is 7.74. The summed E-state index contributed by atoms with van der Waals surface area (Å²) in [5.41, 5.74) is 2.33. The summed E-state index contributed by atoms with van der Waals surface area (Å²) in [6, 6.07) is 6.51. The van der Waals surface area contributed by atoms with Crippen LogP contribution >= 0.6 is 0 Å². The van der Waals surface area contributed by atoms with Crippen LogP contribution in [0.15, 0.2) is 29.8 Å². The van der Waals surface area contributed by atoms with E-state index < -0.39 is 0 Å². The Balaban J connectivity index is 2.19. The highest BCUT2D eigenvalue weighted by molar-refractivity contribution is 5.44. The predicted octanol–water partition coefficient (Wildman–Crippen LogP) is 4.24. The van der Waals surface area contributed by atoms with Crippen LogP contribution in [-0.4, -0.2) is 18.8 Å². The summed E-state index contributed by atoms with van der Waals surface area (Å²) in [5, 5.41) is 3.54. The second kappa shape index (κ2) is 6.52. The maximum Gasteiger partial charge on any atom is 0.128 e. The highest BCUT2D eigenvalue weighted by atomic mass is 16.5. The molecular formula is C18H27NO2. The number of hydrogen-bond donors (Lipinski definition) is 1. The molecule has 3 heteroatoms. The van der Waals surface area contributed by atoms with Gasteiger partial charge in [0.1, 0.15) is 23.7 Å². The van der Waals surface area contributed by atoms with E-state index in [0.29, 0.717) is 12.6 Å². The molecule has 0 radical (unpaired) electrons. The van der Waals surface area contributed by atoms with Crippen LogP contribution in [-0.2, 0) is 0 Å². The van der Waals surface area contributed by atoms with Crippen LogP contribution in [0.4, 0.5) is 0 Å². The molecule has 1 heterocycles. The van der Waals surface area contributed by atoms with E-state index >= 15 is 0 Å². The van der Waals surface area contributed by atoms with Gasteiger partial charge in [0, 0.05) is 24.1 Å². The first-order valence-corrected chi connectivity index (χ1v) is 7.74. The van der Waals surface area contributed by atoms with E-state index in [1.54, 1.807) is 0 Å². The van der Waals surface area contributed by atoms with Crippen LogP contribution in [0.1, 0.15) is 52.6 Å². The summed E-state index contributed by atoms with van der Waals surface area (Å²) in [7, 11) is 0. The Morgan fingerprint density at radius 2 is 2.19 bits per heavy atom. The minimum atomic E-state index is -0.154. The lowest BCUT2D eigenvalue weighted by Crippen LogP contribution is -2.39. The second-order valence-electron chi connectivity index (χ2n) is 6.47. The Labute approximate surface area is 128 Å². The average Bonchev–Trinajstić information content (AvgIpc) is 2.37. The van der Waals surface area contributed by atoms with E-state index in [1.807, 2.05) is 12.1 Å². The van der Waals surface area contributed by atoms with Gasteiger partial charge in [-0.2, -0.15) is 0 Å². The average molecular weight is 289 g/mol. The van der Waals surface area contributed by atoms with Gasteiger partial charge in [0.15, 0.2) is 0 Å². The molecule has 3 nitrogen and oxygen atoms in total. The third-order valence-electron chi connectivity index (χ3n) is 3.63. The molecule has 0 aliphatic carbocycles. The van der Waals surface area contributed by atoms with Crippen LogP contribution in [0.5, 0.6) is 11.5 Å². The minimum absolute atomic E-state index is 0.154. The first kappa shape index (κ1) is 15.9. The molecule has 1 N–H and O–H groups in total. The molecule has 0 amide bonds. The molecule has 1 aromatic rings. The fourth-order valence-electron chi connectivity index (χ4n) is 2.65. The lowest BCUT2D eigenvalue weighted by atomic mass is 9.89. The molecule has 0 aromatic heterocycles. The molecule has 0 saturated carbocycles. The van der Waals surface area contributed by atoms with Gasteiger partial charge in [-0.25, -0.2) is 0 Å². The van der Waals surface area contributed by atoms with Crippen LogP contribution < -0.4 is 14.8 Å². The molecule has 1 atom stereocenters. The zero-order chi connectivity index (χ0) is 15.5. The number of allylic oxidation sites excluding steroid dienone is 1. The summed E-state index contributed by atoms with van der Waals surface area (Å²) >= 11 is 0. The van der Waals surface area contributed by atoms with Crippen molar-refractivity contribution in [1.29, 1.82) is 0 Å². The van der Waals surface area contributed by atoms with E-state index in [0.717, 1.165) is 24.5 Å². The molecule has 21 heavy (non-hydrogen) atoms. The summed E-state index contributed by atoms with van der Waals surface area (Å²) in [5.74, 6) is 1.80. The monoisotopic (exact) mass is 289 g/mol. The fourth-order valence-corrected chi connectivity index (χ4v) is 2.65. The van der Waals surface area contributed by atoms with Gasteiger partial charge in [-0.1, -0.05) is 18.6 Å². The van der Waals surface area contributed by atoms with Crippen molar-refractivity contribution in [2.24, 2.45) is 0 Å². The molecule has 0 bridgehead atoms. The number of ether oxygens (including phenoxy) is 2. The van der Waals surface area contributed by atoms with E-state index in [4.69, 9.17) is 9.47 Å². The van der Waals surface area contributed by atoms with Gasteiger partial charge in [-0.3, -0.25) is 0 Å². The number of rotatable bonds is 5. The Hall–Kier alpha value is -1.48. The van der Waals surface area contributed by atoms with Crippen molar-refractivity contribution in [1.82, 2.24) is 5.32 Å². The largest absolute Gasteiger partial charge is 0.489 e. The first-order chi connectivity index (χ1) is 9.91. The Kier molecular flexibility index (Phi) is 4.94. The number of benzene rings is 1. The second-order valence-corrected chi connectivity index (χ2v) is 6.47. The van der Waals surface area contributed by atoms with Crippen molar-refractivity contribution in [2.75, 3.05) is 13.2 Å². The van der Waals surface area contributed by atoms with Gasteiger partial charge in [0.05, 0.1) is 0 Å². The van der Waals surface area contributed by atoms with Crippen LogP contribution in [0.25, 0.3) is 0 Å². The number of hydrogen-bond acceptors (Lipinski definition) is 3. The molecule has 1 aliphatic rings. The van der Waals surface area contributed by atoms with Crippen LogP contribution in [0, 0.1) is 0 Å². The van der Waals surface area contributed by atoms with Gasteiger partial charge in [-0.05, 0) is 46.4 Å². The molecule has 0 spiro atoms. The third-order valence-corrected chi connectivity index (χ3v) is 3.63. The zero-order valence-electron chi connectivity index (χ0n) is 13.8. The normalized spacial score (nSPS) is 19.4. The van der Waals surface area contributed by atoms with E-state index in [2.05, 4.69) is 52.1 Å². The topological polar surface area (TPSA) is 30.5 Å². The minimum Gasteiger partial charge on any atom is -0.489 e. The maximum atomic E-state index is 6.13. The number of fused-ring (bicyclic) bond motifs is 1. The van der Waals surface area contributed by atoms with Gasteiger partial charge in [0.25, 0.3) is 0 Å². The van der Waals surface area contributed by atoms with Crippen LogP contribution in [0.3, 0.4) is 0 Å². The molecular weight excluding hydrogens is 262 g/mol. The zero-order valence-corrected chi connectivity index (χ0v) is 13.8. The summed E-state index contributed by atoms with van der Waals surface area (Å²) in [4.78, 5) is 0. The molecule has 0 saturated heterocycles. The predicted molar refractivity (Wildman–Crippen MR) is 87.1 cm³/mol. The van der Waals surface area contributed by atoms with Gasteiger partial charge in [0.2, 0.25) is 0 Å². The van der Waals surface area contributed by atoms with Crippen molar-refractivity contribution >= 4 is 0 Å². The van der Waals surface area contributed by atoms with Crippen molar-refractivity contribution in [2.45, 2.75) is 52.7 Å². The fraction of sp³-hybridized carbons (Fsp3) is 0.556. The SMILES string of the molecule is CCNC1CC(C)(C)Oc2cc(OCC=C(C)C)ccc21. The van der Waals surface area contributed by atoms with Crippen molar-refractivity contribution in [3.8, 4) is 11.5 Å². The molecule has 1 aromatic carbocycles. The highest BCUT2D eigenvalue weighted by Gasteiger charge is 2.33. The summed E-state index contributed by atoms with van der Waals surface area (Å²) in [6.07, 6.45) is 3.05. The summed E-state index contributed by atoms with van der Waals surface area (Å²) < 4.78 is 11.9. The lowest BCUT2D eigenvalue weighted by Gasteiger charge is -2.38. The van der Waals surface area contributed by atoms with E-state index in [-0.39, 0.29) is 5.60 Å². The van der Waals surface area contributed by atoms with E-state index in [1.165, 1.54) is 11.1 Å². The van der Waals surface area contributed by atoms with E-state index in [9.17, 15) is 0 Å².